The molecular weight excluding hydrogens is 246 g/mol. The third-order valence-electron chi connectivity index (χ3n) is 2.38. The smallest absolute Gasteiger partial charge is 0.240 e. The molecular formula is C12H13N5O2. The first-order chi connectivity index (χ1) is 9.10. The number of carbonyl (C=O) groups is 1. The summed E-state index contributed by atoms with van der Waals surface area (Å²) in [5.74, 6) is 0.471. The van der Waals surface area contributed by atoms with Gasteiger partial charge in [0.15, 0.2) is 0 Å². The molecule has 0 bridgehead atoms. The van der Waals surface area contributed by atoms with Crippen molar-refractivity contribution in [1.82, 2.24) is 15.2 Å². The van der Waals surface area contributed by atoms with Crippen molar-refractivity contribution in [2.75, 3.05) is 18.2 Å². The minimum Gasteiger partial charge on any atom is -0.495 e. The number of aromatic nitrogens is 3. The largest absolute Gasteiger partial charge is 0.495 e. The third kappa shape index (κ3) is 2.95. The number of nitrogen functional groups attached to an aromatic ring is 1. The Labute approximate surface area is 109 Å². The van der Waals surface area contributed by atoms with Gasteiger partial charge in [0, 0.05) is 12.5 Å². The molecule has 98 valence electrons. The van der Waals surface area contributed by atoms with Gasteiger partial charge >= 0.3 is 0 Å². The highest BCUT2D eigenvalue weighted by molar-refractivity contribution is 5.91. The van der Waals surface area contributed by atoms with Crippen LogP contribution in [0, 0.1) is 0 Å². The van der Waals surface area contributed by atoms with E-state index < -0.39 is 0 Å². The van der Waals surface area contributed by atoms with Crippen molar-refractivity contribution in [2.24, 2.45) is 0 Å². The molecule has 1 amide bonds. The number of hydrogen-bond acceptors (Lipinski definition) is 6. The van der Waals surface area contributed by atoms with Crippen molar-refractivity contribution >= 4 is 17.5 Å². The molecule has 0 aliphatic rings. The maximum Gasteiger partial charge on any atom is 0.240 e. The molecule has 0 aliphatic carbocycles. The third-order valence-corrected chi connectivity index (χ3v) is 2.38. The molecule has 0 unspecified atom stereocenters. The van der Waals surface area contributed by atoms with Crippen LogP contribution in [0.15, 0.2) is 24.4 Å². The van der Waals surface area contributed by atoms with E-state index in [1.54, 1.807) is 18.2 Å². The molecule has 0 atom stereocenters. The second kappa shape index (κ2) is 5.30. The standard InChI is InChI=1S/C12H13N5O2/c1-7(18)15-9-5-8(3-4-11(9)19-2)10-6-14-17-12(13)16-10/h3-6H,1-2H3,(H,15,18)(H2,13,16,17). The minimum atomic E-state index is -0.184. The number of amides is 1. The molecule has 7 nitrogen and oxygen atoms in total. The molecule has 1 aromatic heterocycles. The quantitative estimate of drug-likeness (QED) is 0.855. The second-order valence-electron chi connectivity index (χ2n) is 3.80. The van der Waals surface area contributed by atoms with Gasteiger partial charge in [-0.25, -0.2) is 4.98 Å². The number of hydrogen-bond donors (Lipinski definition) is 2. The average Bonchev–Trinajstić information content (AvgIpc) is 2.38. The number of methoxy groups -OCH3 is 1. The first-order valence-corrected chi connectivity index (χ1v) is 5.51. The Morgan fingerprint density at radius 2 is 2.21 bits per heavy atom. The van der Waals surface area contributed by atoms with E-state index in [0.717, 1.165) is 5.56 Å². The number of benzene rings is 1. The van der Waals surface area contributed by atoms with Crippen molar-refractivity contribution in [2.45, 2.75) is 6.92 Å². The lowest BCUT2D eigenvalue weighted by atomic mass is 10.1. The van der Waals surface area contributed by atoms with Crippen LogP contribution in [0.25, 0.3) is 11.3 Å². The van der Waals surface area contributed by atoms with Gasteiger partial charge in [-0.1, -0.05) is 0 Å². The van der Waals surface area contributed by atoms with Crippen molar-refractivity contribution in [3.05, 3.63) is 24.4 Å². The molecule has 2 aromatic rings. The Morgan fingerprint density at radius 3 is 2.84 bits per heavy atom. The van der Waals surface area contributed by atoms with Crippen molar-refractivity contribution in [3.63, 3.8) is 0 Å². The number of anilines is 2. The highest BCUT2D eigenvalue weighted by Crippen LogP contribution is 2.29. The Balaban J connectivity index is 2.45. The van der Waals surface area contributed by atoms with Crippen LogP contribution in [0.2, 0.25) is 0 Å². The van der Waals surface area contributed by atoms with Crippen LogP contribution < -0.4 is 15.8 Å². The molecule has 0 fully saturated rings. The number of rotatable bonds is 3. The van der Waals surface area contributed by atoms with E-state index in [9.17, 15) is 4.79 Å². The molecule has 3 N–H and O–H groups in total. The lowest BCUT2D eigenvalue weighted by Crippen LogP contribution is -2.07. The van der Waals surface area contributed by atoms with Crippen molar-refractivity contribution in [3.8, 4) is 17.0 Å². The molecule has 1 aromatic carbocycles. The van der Waals surface area contributed by atoms with Gasteiger partial charge in [0.1, 0.15) is 5.75 Å². The summed E-state index contributed by atoms with van der Waals surface area (Å²) < 4.78 is 5.17. The number of nitrogens with zero attached hydrogens (tertiary/aromatic N) is 3. The summed E-state index contributed by atoms with van der Waals surface area (Å²) >= 11 is 0. The number of nitrogens with one attached hydrogen (secondary N) is 1. The molecule has 0 radical (unpaired) electrons. The topological polar surface area (TPSA) is 103 Å². The SMILES string of the molecule is COc1ccc(-c2cnnc(N)n2)cc1NC(C)=O. The predicted octanol–water partition coefficient (Wildman–Crippen LogP) is 1.09. The van der Waals surface area contributed by atoms with E-state index in [0.29, 0.717) is 17.1 Å². The summed E-state index contributed by atoms with van der Waals surface area (Å²) in [5.41, 5.74) is 7.38. The molecule has 7 heteroatoms. The summed E-state index contributed by atoms with van der Waals surface area (Å²) in [7, 11) is 1.53. The number of ether oxygens (including phenoxy) is 1. The van der Waals surface area contributed by atoms with Crippen molar-refractivity contribution in [1.29, 1.82) is 0 Å². The van der Waals surface area contributed by atoms with Crippen LogP contribution in [0.5, 0.6) is 5.75 Å². The van der Waals surface area contributed by atoms with E-state index in [4.69, 9.17) is 10.5 Å². The fourth-order valence-electron chi connectivity index (χ4n) is 1.61. The Bertz CT molecular complexity index is 615. The van der Waals surface area contributed by atoms with Gasteiger partial charge in [-0.3, -0.25) is 4.79 Å². The normalized spacial score (nSPS) is 10.0. The Morgan fingerprint density at radius 1 is 1.42 bits per heavy atom. The highest BCUT2D eigenvalue weighted by Gasteiger charge is 2.08. The Hall–Kier alpha value is -2.70. The second-order valence-corrected chi connectivity index (χ2v) is 3.80. The zero-order valence-corrected chi connectivity index (χ0v) is 10.5. The van der Waals surface area contributed by atoms with Crippen LogP contribution in [-0.4, -0.2) is 28.2 Å². The minimum absolute atomic E-state index is 0.0920. The fourth-order valence-corrected chi connectivity index (χ4v) is 1.61. The van der Waals surface area contributed by atoms with Crippen LogP contribution in [-0.2, 0) is 4.79 Å². The van der Waals surface area contributed by atoms with E-state index in [-0.39, 0.29) is 11.9 Å². The van der Waals surface area contributed by atoms with E-state index >= 15 is 0 Å². The highest BCUT2D eigenvalue weighted by atomic mass is 16.5. The molecule has 0 aliphatic heterocycles. The summed E-state index contributed by atoms with van der Waals surface area (Å²) in [4.78, 5) is 15.2. The molecule has 19 heavy (non-hydrogen) atoms. The summed E-state index contributed by atoms with van der Waals surface area (Å²) in [6.45, 7) is 1.43. The van der Waals surface area contributed by atoms with E-state index in [1.807, 2.05) is 0 Å². The average molecular weight is 259 g/mol. The number of carbonyl (C=O) groups excluding carboxylic acids is 1. The van der Waals surface area contributed by atoms with E-state index in [2.05, 4.69) is 20.5 Å². The van der Waals surface area contributed by atoms with Gasteiger partial charge in [0.2, 0.25) is 11.9 Å². The molecule has 0 saturated heterocycles. The fraction of sp³-hybridized carbons (Fsp3) is 0.167. The van der Waals surface area contributed by atoms with Gasteiger partial charge in [0.05, 0.1) is 24.7 Å². The number of nitrogens with two attached hydrogens (primary N) is 1. The van der Waals surface area contributed by atoms with E-state index in [1.165, 1.54) is 20.2 Å². The monoisotopic (exact) mass is 259 g/mol. The molecule has 0 spiro atoms. The zero-order valence-electron chi connectivity index (χ0n) is 10.5. The Kier molecular flexibility index (Phi) is 3.56. The first-order valence-electron chi connectivity index (χ1n) is 5.51. The van der Waals surface area contributed by atoms with Crippen LogP contribution in [0.3, 0.4) is 0 Å². The van der Waals surface area contributed by atoms with Crippen LogP contribution in [0.4, 0.5) is 11.6 Å². The maximum absolute atomic E-state index is 11.2. The predicted molar refractivity (Wildman–Crippen MR) is 70.5 cm³/mol. The summed E-state index contributed by atoms with van der Waals surface area (Å²) in [6.07, 6.45) is 1.50. The van der Waals surface area contributed by atoms with Gasteiger partial charge in [0.25, 0.3) is 0 Å². The van der Waals surface area contributed by atoms with Gasteiger partial charge in [-0.05, 0) is 18.2 Å². The maximum atomic E-state index is 11.2. The summed E-state index contributed by atoms with van der Waals surface area (Å²) in [5, 5.41) is 10.0. The summed E-state index contributed by atoms with van der Waals surface area (Å²) in [6, 6.07) is 5.27. The molecule has 1 heterocycles. The lowest BCUT2D eigenvalue weighted by molar-refractivity contribution is -0.114. The van der Waals surface area contributed by atoms with Crippen molar-refractivity contribution < 1.29 is 9.53 Å². The first kappa shape index (κ1) is 12.7. The molecule has 0 saturated carbocycles. The van der Waals surface area contributed by atoms with Gasteiger partial charge in [-0.15, -0.1) is 5.10 Å². The van der Waals surface area contributed by atoms with Gasteiger partial charge < -0.3 is 15.8 Å². The zero-order chi connectivity index (χ0) is 13.8. The lowest BCUT2D eigenvalue weighted by Gasteiger charge is -2.10. The van der Waals surface area contributed by atoms with Crippen LogP contribution >= 0.6 is 0 Å². The van der Waals surface area contributed by atoms with Crippen LogP contribution in [0.1, 0.15) is 6.92 Å². The van der Waals surface area contributed by atoms with Gasteiger partial charge in [-0.2, -0.15) is 5.10 Å². The molecule has 2 rings (SSSR count).